The quantitative estimate of drug-likeness (QED) is 0.0365. The Morgan fingerprint density at radius 1 is 0.446 bits per heavy atom. The lowest BCUT2D eigenvalue weighted by Crippen LogP contribution is -2.45. The monoisotopic (exact) mass is 790 g/mol. The van der Waals surface area contributed by atoms with Crippen LogP contribution in [0.25, 0.3) is 0 Å². The molecule has 0 saturated heterocycles. The summed E-state index contributed by atoms with van der Waals surface area (Å²) in [4.78, 5) is 12.5. The fourth-order valence-corrected chi connectivity index (χ4v) is 7.87. The molecule has 0 aromatic carbocycles. The SMILES string of the molecule is CCCCCCCCCCC/C=C\CCCCCC(O)CC(=O)NC(CO)C(O)/C=C/CCCCCCCCCCCCCCCCCCCCCCCCC. The van der Waals surface area contributed by atoms with Gasteiger partial charge in [0.2, 0.25) is 5.91 Å². The molecule has 0 aromatic rings. The Bertz CT molecular complexity index is 829. The van der Waals surface area contributed by atoms with E-state index >= 15 is 0 Å². The highest BCUT2D eigenvalue weighted by atomic mass is 16.3. The van der Waals surface area contributed by atoms with Gasteiger partial charge in [-0.3, -0.25) is 4.79 Å². The molecular weight excluding hydrogens is 691 g/mol. The minimum Gasteiger partial charge on any atom is -0.394 e. The van der Waals surface area contributed by atoms with Crippen molar-refractivity contribution in [3.8, 4) is 0 Å². The number of amides is 1. The summed E-state index contributed by atoms with van der Waals surface area (Å²) in [5.41, 5.74) is 0. The zero-order valence-electron chi connectivity index (χ0n) is 37.8. The molecule has 0 aliphatic heterocycles. The van der Waals surface area contributed by atoms with Crippen LogP contribution in [0.4, 0.5) is 0 Å². The molecule has 0 spiro atoms. The average Bonchev–Trinajstić information content (AvgIpc) is 3.19. The molecule has 0 fully saturated rings. The Hall–Kier alpha value is -1.17. The predicted octanol–water partition coefficient (Wildman–Crippen LogP) is 14.9. The van der Waals surface area contributed by atoms with Crippen LogP contribution in [0.3, 0.4) is 0 Å². The van der Waals surface area contributed by atoms with Gasteiger partial charge in [-0.15, -0.1) is 0 Å². The van der Waals surface area contributed by atoms with Crippen molar-refractivity contribution in [2.45, 2.75) is 289 Å². The third-order valence-corrected chi connectivity index (χ3v) is 11.7. The van der Waals surface area contributed by atoms with Gasteiger partial charge in [0, 0.05) is 0 Å². The number of unbranched alkanes of at least 4 members (excludes halogenated alkanes) is 35. The topological polar surface area (TPSA) is 89.8 Å². The molecule has 0 radical (unpaired) electrons. The van der Waals surface area contributed by atoms with Crippen molar-refractivity contribution in [3.63, 3.8) is 0 Å². The molecule has 1 amide bonds. The van der Waals surface area contributed by atoms with Crippen LogP contribution in [0, 0.1) is 0 Å². The number of hydrogen-bond donors (Lipinski definition) is 4. The van der Waals surface area contributed by atoms with Crippen LogP contribution in [0.15, 0.2) is 24.3 Å². The van der Waals surface area contributed by atoms with Crippen LogP contribution >= 0.6 is 0 Å². The van der Waals surface area contributed by atoms with E-state index in [0.29, 0.717) is 6.42 Å². The number of carbonyl (C=O) groups excluding carboxylic acids is 1. The molecule has 0 heterocycles. The molecule has 5 heteroatoms. The standard InChI is InChI=1S/C51H99NO4/c1-3-5-7-9-11-13-15-17-19-21-22-23-24-25-26-27-28-29-31-33-35-37-39-41-43-45-50(55)49(47-53)52-51(56)46-48(54)44-42-40-38-36-34-32-30-20-18-16-14-12-10-8-6-4-2/h32,34,43,45,48-50,53-55H,3-31,33,35-42,44,46-47H2,1-2H3,(H,52,56)/b34-32-,45-43+. The van der Waals surface area contributed by atoms with Gasteiger partial charge in [-0.1, -0.05) is 244 Å². The summed E-state index contributed by atoms with van der Waals surface area (Å²) < 4.78 is 0. The molecule has 0 aromatic heterocycles. The van der Waals surface area contributed by atoms with Crippen molar-refractivity contribution in [3.05, 3.63) is 24.3 Å². The summed E-state index contributed by atoms with van der Waals surface area (Å²) in [6, 6.07) is -0.748. The van der Waals surface area contributed by atoms with E-state index in [4.69, 9.17) is 0 Å². The van der Waals surface area contributed by atoms with Gasteiger partial charge < -0.3 is 20.6 Å². The second-order valence-corrected chi connectivity index (χ2v) is 17.4. The summed E-state index contributed by atoms with van der Waals surface area (Å²) in [5.74, 6) is -0.321. The van der Waals surface area contributed by atoms with E-state index in [1.165, 1.54) is 205 Å². The van der Waals surface area contributed by atoms with Crippen LogP contribution in [0.5, 0.6) is 0 Å². The number of allylic oxidation sites excluding steroid dienone is 3. The normalized spacial score (nSPS) is 13.6. The minimum absolute atomic E-state index is 0.00504. The molecule has 332 valence electrons. The first-order valence-electron chi connectivity index (χ1n) is 25.1. The number of rotatable bonds is 46. The summed E-state index contributed by atoms with van der Waals surface area (Å²) in [6.45, 7) is 4.23. The van der Waals surface area contributed by atoms with E-state index in [-0.39, 0.29) is 18.9 Å². The fourth-order valence-electron chi connectivity index (χ4n) is 7.87. The van der Waals surface area contributed by atoms with E-state index in [2.05, 4.69) is 31.3 Å². The van der Waals surface area contributed by atoms with Crippen molar-refractivity contribution >= 4 is 5.91 Å². The van der Waals surface area contributed by atoms with Gasteiger partial charge in [0.1, 0.15) is 0 Å². The smallest absolute Gasteiger partial charge is 0.222 e. The maximum Gasteiger partial charge on any atom is 0.222 e. The lowest BCUT2D eigenvalue weighted by Gasteiger charge is -2.21. The van der Waals surface area contributed by atoms with Crippen LogP contribution in [-0.4, -0.2) is 46.1 Å². The molecule has 3 unspecified atom stereocenters. The van der Waals surface area contributed by atoms with E-state index in [1.54, 1.807) is 6.08 Å². The third kappa shape index (κ3) is 42.4. The highest BCUT2D eigenvalue weighted by molar-refractivity contribution is 5.76. The zero-order chi connectivity index (χ0) is 40.8. The van der Waals surface area contributed by atoms with Gasteiger partial charge in [0.15, 0.2) is 0 Å². The molecule has 5 nitrogen and oxygen atoms in total. The van der Waals surface area contributed by atoms with E-state index in [0.717, 1.165) is 38.5 Å². The van der Waals surface area contributed by atoms with Gasteiger partial charge in [-0.05, 0) is 44.9 Å². The summed E-state index contributed by atoms with van der Waals surface area (Å²) in [5, 5.41) is 33.3. The minimum atomic E-state index is -0.931. The predicted molar refractivity (Wildman–Crippen MR) is 245 cm³/mol. The van der Waals surface area contributed by atoms with Crippen molar-refractivity contribution < 1.29 is 20.1 Å². The van der Waals surface area contributed by atoms with Crippen LogP contribution in [-0.2, 0) is 4.79 Å². The molecular formula is C51H99NO4. The second kappa shape index (κ2) is 46.5. The summed E-state index contributed by atoms with van der Waals surface area (Å²) in [7, 11) is 0. The second-order valence-electron chi connectivity index (χ2n) is 17.4. The van der Waals surface area contributed by atoms with Crippen molar-refractivity contribution in [1.82, 2.24) is 5.32 Å². The molecule has 0 rings (SSSR count). The van der Waals surface area contributed by atoms with Crippen molar-refractivity contribution in [2.75, 3.05) is 6.61 Å². The number of nitrogens with one attached hydrogen (secondary N) is 1. The maximum absolute atomic E-state index is 12.5. The molecule has 0 aliphatic carbocycles. The van der Waals surface area contributed by atoms with Crippen LogP contribution in [0.1, 0.15) is 271 Å². The van der Waals surface area contributed by atoms with E-state index < -0.39 is 18.2 Å². The molecule has 0 aliphatic rings. The number of aliphatic hydroxyl groups excluding tert-OH is 3. The van der Waals surface area contributed by atoms with Gasteiger partial charge in [-0.25, -0.2) is 0 Å². The Morgan fingerprint density at radius 2 is 0.750 bits per heavy atom. The van der Waals surface area contributed by atoms with E-state index in [1.807, 2.05) is 6.08 Å². The molecule has 0 bridgehead atoms. The Kier molecular flexibility index (Phi) is 45.5. The van der Waals surface area contributed by atoms with E-state index in [9.17, 15) is 20.1 Å². The Balaban J connectivity index is 3.60. The maximum atomic E-state index is 12.5. The third-order valence-electron chi connectivity index (χ3n) is 11.7. The number of aliphatic hydroxyl groups is 3. The Morgan fingerprint density at radius 3 is 1.09 bits per heavy atom. The first kappa shape index (κ1) is 54.8. The summed E-state index contributed by atoms with van der Waals surface area (Å²) >= 11 is 0. The van der Waals surface area contributed by atoms with Crippen LogP contribution in [0.2, 0.25) is 0 Å². The fraction of sp³-hybridized carbons (Fsp3) is 0.902. The highest BCUT2D eigenvalue weighted by Crippen LogP contribution is 2.17. The molecule has 4 N–H and O–H groups in total. The van der Waals surface area contributed by atoms with Gasteiger partial charge in [0.05, 0.1) is 31.3 Å². The van der Waals surface area contributed by atoms with Crippen molar-refractivity contribution in [2.24, 2.45) is 0 Å². The molecule has 3 atom stereocenters. The number of hydrogen-bond acceptors (Lipinski definition) is 4. The lowest BCUT2D eigenvalue weighted by atomic mass is 10.0. The first-order chi connectivity index (χ1) is 27.5. The molecule has 56 heavy (non-hydrogen) atoms. The average molecular weight is 790 g/mol. The first-order valence-corrected chi connectivity index (χ1v) is 25.1. The Labute approximate surface area is 350 Å². The highest BCUT2D eigenvalue weighted by Gasteiger charge is 2.20. The number of carbonyl (C=O) groups is 1. The largest absolute Gasteiger partial charge is 0.394 e. The van der Waals surface area contributed by atoms with Gasteiger partial charge in [-0.2, -0.15) is 0 Å². The molecule has 0 saturated carbocycles. The van der Waals surface area contributed by atoms with Gasteiger partial charge >= 0.3 is 0 Å². The summed E-state index contributed by atoms with van der Waals surface area (Å²) in [6.07, 6.45) is 57.7. The van der Waals surface area contributed by atoms with Crippen LogP contribution < -0.4 is 5.32 Å². The zero-order valence-corrected chi connectivity index (χ0v) is 37.8. The van der Waals surface area contributed by atoms with Gasteiger partial charge in [0.25, 0.3) is 0 Å². The van der Waals surface area contributed by atoms with Crippen molar-refractivity contribution in [1.29, 1.82) is 0 Å². The lowest BCUT2D eigenvalue weighted by molar-refractivity contribution is -0.124.